The molecule has 5 heteroatoms. The maximum Gasteiger partial charge on any atom is 0.232 e. The second-order valence-corrected chi connectivity index (χ2v) is 4.90. The molecule has 2 rings (SSSR count). The number of carbonyl (C=O) groups excluding carboxylic acids is 2. The fourth-order valence-corrected chi connectivity index (χ4v) is 2.01. The van der Waals surface area contributed by atoms with E-state index < -0.39 is 5.91 Å². The van der Waals surface area contributed by atoms with E-state index in [1.807, 2.05) is 6.07 Å². The summed E-state index contributed by atoms with van der Waals surface area (Å²) in [5.41, 5.74) is 0.893. The molecule has 2 aromatic carbocycles. The van der Waals surface area contributed by atoms with Crippen molar-refractivity contribution in [1.82, 2.24) is 0 Å². The number of benzene rings is 2. The van der Waals surface area contributed by atoms with Crippen LogP contribution in [0.2, 0.25) is 10.0 Å². The Kier molecular flexibility index (Phi) is 4.77. The van der Waals surface area contributed by atoms with Crippen molar-refractivity contribution in [2.75, 3.05) is 5.32 Å². The molecule has 0 fully saturated rings. The van der Waals surface area contributed by atoms with E-state index in [-0.39, 0.29) is 17.2 Å². The summed E-state index contributed by atoms with van der Waals surface area (Å²) < 4.78 is 0. The summed E-state index contributed by atoms with van der Waals surface area (Å²) in [7, 11) is 0. The fourth-order valence-electron chi connectivity index (χ4n) is 1.67. The molecule has 1 N–H and O–H groups in total. The second-order valence-electron chi connectivity index (χ2n) is 4.12. The molecule has 0 heterocycles. The molecule has 0 bridgehead atoms. The van der Waals surface area contributed by atoms with Gasteiger partial charge in [0.1, 0.15) is 0 Å². The van der Waals surface area contributed by atoms with Crippen LogP contribution in [-0.2, 0) is 4.79 Å². The molecule has 0 spiro atoms. The summed E-state index contributed by atoms with van der Waals surface area (Å²) >= 11 is 11.8. The molecular formula is C15H11Cl2NO2. The first-order chi connectivity index (χ1) is 9.58. The molecule has 0 aromatic heterocycles. The van der Waals surface area contributed by atoms with E-state index in [1.165, 1.54) is 0 Å². The van der Waals surface area contributed by atoms with Crippen molar-refractivity contribution in [3.8, 4) is 0 Å². The average Bonchev–Trinajstić information content (AvgIpc) is 2.45. The molecule has 0 atom stereocenters. The van der Waals surface area contributed by atoms with Crippen LogP contribution in [0.15, 0.2) is 48.5 Å². The predicted molar refractivity (Wildman–Crippen MR) is 80.5 cm³/mol. The Labute approximate surface area is 126 Å². The summed E-state index contributed by atoms with van der Waals surface area (Å²) in [6.07, 6.45) is -0.243. The van der Waals surface area contributed by atoms with Gasteiger partial charge in [0.25, 0.3) is 0 Å². The van der Waals surface area contributed by atoms with Crippen LogP contribution in [0.5, 0.6) is 0 Å². The van der Waals surface area contributed by atoms with Gasteiger partial charge in [0.15, 0.2) is 5.78 Å². The van der Waals surface area contributed by atoms with Crippen LogP contribution in [0.3, 0.4) is 0 Å². The topological polar surface area (TPSA) is 46.2 Å². The third-order valence-corrected chi connectivity index (χ3v) is 3.46. The number of amides is 1. The van der Waals surface area contributed by atoms with E-state index in [4.69, 9.17) is 23.2 Å². The van der Waals surface area contributed by atoms with Gasteiger partial charge < -0.3 is 5.32 Å². The van der Waals surface area contributed by atoms with Crippen molar-refractivity contribution in [1.29, 1.82) is 0 Å². The molecule has 0 aliphatic rings. The van der Waals surface area contributed by atoms with Crippen LogP contribution in [-0.4, -0.2) is 11.7 Å². The highest BCUT2D eigenvalue weighted by atomic mass is 35.5. The second kappa shape index (κ2) is 6.55. The van der Waals surface area contributed by atoms with Crippen molar-refractivity contribution < 1.29 is 9.59 Å². The molecule has 20 heavy (non-hydrogen) atoms. The normalized spacial score (nSPS) is 10.1. The number of halogens is 2. The number of hydrogen-bond donors (Lipinski definition) is 1. The van der Waals surface area contributed by atoms with Crippen molar-refractivity contribution >= 4 is 40.6 Å². The zero-order valence-electron chi connectivity index (χ0n) is 10.4. The Morgan fingerprint density at radius 2 is 1.65 bits per heavy atom. The largest absolute Gasteiger partial charge is 0.324 e. The molecule has 0 saturated carbocycles. The first-order valence-corrected chi connectivity index (χ1v) is 6.65. The Morgan fingerprint density at radius 3 is 2.35 bits per heavy atom. The standard InChI is InChI=1S/C15H11Cl2NO2/c16-11-7-4-8-12(15(11)17)18-14(20)9-13(19)10-5-2-1-3-6-10/h1-8H,9H2,(H,18,20). The third-order valence-electron chi connectivity index (χ3n) is 2.64. The Balaban J connectivity index is 2.03. The SMILES string of the molecule is O=C(CC(=O)c1ccccc1)Nc1cccc(Cl)c1Cl. The van der Waals surface area contributed by atoms with Crippen LogP contribution < -0.4 is 5.32 Å². The summed E-state index contributed by atoms with van der Waals surface area (Å²) in [5, 5.41) is 3.18. The van der Waals surface area contributed by atoms with E-state index in [0.717, 1.165) is 0 Å². The van der Waals surface area contributed by atoms with E-state index in [9.17, 15) is 9.59 Å². The smallest absolute Gasteiger partial charge is 0.232 e. The third kappa shape index (κ3) is 3.59. The van der Waals surface area contributed by atoms with Crippen LogP contribution in [0.1, 0.15) is 16.8 Å². The molecule has 0 radical (unpaired) electrons. The number of carbonyl (C=O) groups is 2. The average molecular weight is 308 g/mol. The lowest BCUT2D eigenvalue weighted by Crippen LogP contribution is -2.16. The van der Waals surface area contributed by atoms with Gasteiger partial charge in [-0.2, -0.15) is 0 Å². The first-order valence-electron chi connectivity index (χ1n) is 5.90. The minimum atomic E-state index is -0.428. The highest BCUT2D eigenvalue weighted by Gasteiger charge is 2.13. The van der Waals surface area contributed by atoms with Crippen molar-refractivity contribution in [2.45, 2.75) is 6.42 Å². The Hall–Kier alpha value is -1.84. The monoisotopic (exact) mass is 307 g/mol. The van der Waals surface area contributed by atoms with Gasteiger partial charge in [0.2, 0.25) is 5.91 Å². The van der Waals surface area contributed by atoms with Crippen molar-refractivity contribution in [3.05, 3.63) is 64.1 Å². The molecule has 0 saturated heterocycles. The zero-order valence-corrected chi connectivity index (χ0v) is 11.9. The van der Waals surface area contributed by atoms with Crippen molar-refractivity contribution in [3.63, 3.8) is 0 Å². The summed E-state index contributed by atoms with van der Waals surface area (Å²) in [6, 6.07) is 13.6. The number of nitrogens with one attached hydrogen (secondary N) is 1. The van der Waals surface area contributed by atoms with E-state index >= 15 is 0 Å². The van der Waals surface area contributed by atoms with Crippen LogP contribution >= 0.6 is 23.2 Å². The van der Waals surface area contributed by atoms with E-state index in [0.29, 0.717) is 16.3 Å². The van der Waals surface area contributed by atoms with Gasteiger partial charge >= 0.3 is 0 Å². The van der Waals surface area contributed by atoms with Gasteiger partial charge in [-0.3, -0.25) is 9.59 Å². The number of rotatable bonds is 4. The maximum atomic E-state index is 11.9. The minimum Gasteiger partial charge on any atom is -0.324 e. The molecule has 1 amide bonds. The van der Waals surface area contributed by atoms with Gasteiger partial charge in [-0.25, -0.2) is 0 Å². The first kappa shape index (κ1) is 14.6. The summed E-state index contributed by atoms with van der Waals surface area (Å²) in [6.45, 7) is 0. The van der Waals surface area contributed by atoms with Gasteiger partial charge in [0.05, 0.1) is 22.2 Å². The molecular weight excluding hydrogens is 297 g/mol. The van der Waals surface area contributed by atoms with E-state index in [1.54, 1.807) is 42.5 Å². The quantitative estimate of drug-likeness (QED) is 0.679. The Morgan fingerprint density at radius 1 is 0.950 bits per heavy atom. The van der Waals surface area contributed by atoms with Gasteiger partial charge in [-0.15, -0.1) is 0 Å². The number of hydrogen-bond acceptors (Lipinski definition) is 2. The molecule has 102 valence electrons. The lowest BCUT2D eigenvalue weighted by molar-refractivity contribution is -0.115. The minimum absolute atomic E-state index is 0.243. The van der Waals surface area contributed by atoms with Crippen LogP contribution in [0.4, 0.5) is 5.69 Å². The summed E-state index contributed by atoms with van der Waals surface area (Å²) in [5.74, 6) is -0.677. The van der Waals surface area contributed by atoms with Gasteiger partial charge in [0, 0.05) is 5.56 Å². The Bertz CT molecular complexity index is 642. The lowest BCUT2D eigenvalue weighted by atomic mass is 10.1. The van der Waals surface area contributed by atoms with Crippen molar-refractivity contribution in [2.24, 2.45) is 0 Å². The fraction of sp³-hybridized carbons (Fsp3) is 0.0667. The van der Waals surface area contributed by atoms with E-state index in [2.05, 4.69) is 5.32 Å². The number of anilines is 1. The summed E-state index contributed by atoms with van der Waals surface area (Å²) in [4.78, 5) is 23.7. The highest BCUT2D eigenvalue weighted by Crippen LogP contribution is 2.29. The maximum absolute atomic E-state index is 11.9. The van der Waals surface area contributed by atoms with Crippen LogP contribution in [0.25, 0.3) is 0 Å². The van der Waals surface area contributed by atoms with Gasteiger partial charge in [-0.1, -0.05) is 59.6 Å². The molecule has 3 nitrogen and oxygen atoms in total. The molecule has 0 unspecified atom stereocenters. The number of ketones is 1. The highest BCUT2D eigenvalue weighted by molar-refractivity contribution is 6.44. The lowest BCUT2D eigenvalue weighted by Gasteiger charge is -2.07. The van der Waals surface area contributed by atoms with Crippen LogP contribution in [0, 0.1) is 0 Å². The zero-order chi connectivity index (χ0) is 14.5. The van der Waals surface area contributed by atoms with Gasteiger partial charge in [-0.05, 0) is 12.1 Å². The molecule has 0 aliphatic carbocycles. The predicted octanol–water partition coefficient (Wildman–Crippen LogP) is 4.20. The molecule has 0 aliphatic heterocycles. The number of Topliss-reactive ketones (excluding diaryl/α,β-unsaturated/α-hetero) is 1. The molecule has 2 aromatic rings.